The molecule has 2 unspecified atom stereocenters. The summed E-state index contributed by atoms with van der Waals surface area (Å²) < 4.78 is 5.13. The van der Waals surface area contributed by atoms with E-state index in [4.69, 9.17) is 27.7 Å². The lowest BCUT2D eigenvalue weighted by atomic mass is 10.1. The Labute approximate surface area is 127 Å². The summed E-state index contributed by atoms with van der Waals surface area (Å²) in [6.07, 6.45) is -0.118. The van der Waals surface area contributed by atoms with Crippen molar-refractivity contribution >= 4 is 35.1 Å². The van der Waals surface area contributed by atoms with E-state index in [1.165, 1.54) is 11.0 Å². The Bertz CT molecular complexity index is 492. The summed E-state index contributed by atoms with van der Waals surface area (Å²) in [7, 11) is 0. The highest BCUT2D eigenvalue weighted by atomic mass is 35.5. The Balaban J connectivity index is 2.22. The van der Waals surface area contributed by atoms with Crippen LogP contribution in [0.3, 0.4) is 0 Å². The molecule has 112 valence electrons. The Morgan fingerprint density at radius 1 is 1.65 bits per heavy atom. The first-order valence-corrected chi connectivity index (χ1v) is 7.30. The number of nitrogens with zero attached hydrogens (tertiary/aromatic N) is 3. The van der Waals surface area contributed by atoms with Gasteiger partial charge in [-0.2, -0.15) is 0 Å². The summed E-state index contributed by atoms with van der Waals surface area (Å²) in [6.45, 7) is 4.50. The fourth-order valence-corrected chi connectivity index (χ4v) is 2.26. The van der Waals surface area contributed by atoms with Gasteiger partial charge in [0.25, 0.3) is 0 Å². The number of halogens is 2. The van der Waals surface area contributed by atoms with Crippen LogP contribution in [0.1, 0.15) is 26.0 Å². The number of aromatic nitrogens is 1. The number of urea groups is 1. The van der Waals surface area contributed by atoms with Gasteiger partial charge < -0.3 is 14.5 Å². The molecule has 1 fully saturated rings. The van der Waals surface area contributed by atoms with Gasteiger partial charge in [-0.15, -0.1) is 23.2 Å². The van der Waals surface area contributed by atoms with E-state index >= 15 is 0 Å². The molecule has 1 aromatic rings. The molecule has 0 bridgehead atoms. The van der Waals surface area contributed by atoms with Gasteiger partial charge in [0.15, 0.2) is 17.8 Å². The van der Waals surface area contributed by atoms with E-state index in [0.717, 1.165) is 6.42 Å². The molecule has 1 N–H and O–H groups in total. The number of carbonyl (C=O) groups excluding carboxylic acids is 1. The SMILES string of the molecule is CCCN1CC(O)N(c2cc(C(C)(Cl)CCl)on2)C1=O. The number of carbonyl (C=O) groups is 1. The minimum absolute atomic E-state index is 0.141. The summed E-state index contributed by atoms with van der Waals surface area (Å²) in [5.74, 6) is 0.743. The molecular formula is C12H17Cl2N3O3. The van der Waals surface area contributed by atoms with Gasteiger partial charge in [-0.3, -0.25) is 0 Å². The van der Waals surface area contributed by atoms with Crippen molar-refractivity contribution in [3.05, 3.63) is 11.8 Å². The Kier molecular flexibility index (Phi) is 4.46. The number of β-amino-alcohol motifs (C(OH)–C–C–N with tert-alkyl or cyclic N) is 1. The third kappa shape index (κ3) is 2.73. The van der Waals surface area contributed by atoms with E-state index in [0.29, 0.717) is 12.3 Å². The fraction of sp³-hybridized carbons (Fsp3) is 0.667. The van der Waals surface area contributed by atoms with Crippen molar-refractivity contribution in [2.45, 2.75) is 31.4 Å². The van der Waals surface area contributed by atoms with Crippen LogP contribution < -0.4 is 4.90 Å². The van der Waals surface area contributed by atoms with Crippen LogP contribution in [-0.4, -0.2) is 46.4 Å². The summed E-state index contributed by atoms with van der Waals surface area (Å²) >= 11 is 11.9. The first-order chi connectivity index (χ1) is 9.40. The maximum atomic E-state index is 12.2. The fourth-order valence-electron chi connectivity index (χ4n) is 2.04. The predicted octanol–water partition coefficient (Wildman–Crippen LogP) is 2.34. The lowest BCUT2D eigenvalue weighted by Crippen LogP contribution is -2.35. The average Bonchev–Trinajstić information content (AvgIpc) is 2.97. The number of rotatable bonds is 5. The molecule has 6 nitrogen and oxygen atoms in total. The molecule has 2 rings (SSSR count). The molecule has 1 saturated heterocycles. The maximum absolute atomic E-state index is 12.2. The van der Waals surface area contributed by atoms with Gasteiger partial charge in [-0.05, 0) is 13.3 Å². The van der Waals surface area contributed by atoms with Crippen molar-refractivity contribution in [3.63, 3.8) is 0 Å². The van der Waals surface area contributed by atoms with Crippen LogP contribution in [0.15, 0.2) is 10.6 Å². The molecule has 2 atom stereocenters. The van der Waals surface area contributed by atoms with Crippen LogP contribution in [0.5, 0.6) is 0 Å². The summed E-state index contributed by atoms with van der Waals surface area (Å²) in [5.41, 5.74) is 0. The zero-order chi connectivity index (χ0) is 14.9. The van der Waals surface area contributed by atoms with E-state index in [2.05, 4.69) is 5.16 Å². The van der Waals surface area contributed by atoms with Crippen LogP contribution in [0.2, 0.25) is 0 Å². The molecule has 8 heteroatoms. The van der Waals surface area contributed by atoms with Crippen LogP contribution >= 0.6 is 23.2 Å². The van der Waals surface area contributed by atoms with E-state index in [9.17, 15) is 9.90 Å². The van der Waals surface area contributed by atoms with Crippen molar-refractivity contribution in [3.8, 4) is 0 Å². The van der Waals surface area contributed by atoms with Crippen molar-refractivity contribution in [1.29, 1.82) is 0 Å². The van der Waals surface area contributed by atoms with E-state index in [-0.39, 0.29) is 24.3 Å². The van der Waals surface area contributed by atoms with Gasteiger partial charge >= 0.3 is 6.03 Å². The normalized spacial score (nSPS) is 22.4. The molecule has 1 aromatic heterocycles. The first-order valence-electron chi connectivity index (χ1n) is 6.39. The topological polar surface area (TPSA) is 69.8 Å². The average molecular weight is 322 g/mol. The molecule has 20 heavy (non-hydrogen) atoms. The zero-order valence-electron chi connectivity index (χ0n) is 11.3. The van der Waals surface area contributed by atoms with Crippen molar-refractivity contribution < 1.29 is 14.4 Å². The van der Waals surface area contributed by atoms with Crippen molar-refractivity contribution in [1.82, 2.24) is 10.1 Å². The number of aliphatic hydroxyl groups is 1. The molecule has 0 aromatic carbocycles. The molecule has 2 heterocycles. The number of hydrogen-bond donors (Lipinski definition) is 1. The second kappa shape index (κ2) is 5.79. The largest absolute Gasteiger partial charge is 0.371 e. The quantitative estimate of drug-likeness (QED) is 0.845. The maximum Gasteiger partial charge on any atom is 0.328 e. The molecule has 0 saturated carbocycles. The van der Waals surface area contributed by atoms with Crippen LogP contribution in [0.25, 0.3) is 0 Å². The molecule has 0 radical (unpaired) electrons. The van der Waals surface area contributed by atoms with Gasteiger partial charge in [-0.25, -0.2) is 9.69 Å². The highest BCUT2D eigenvalue weighted by Gasteiger charge is 2.39. The second-order valence-electron chi connectivity index (χ2n) is 4.96. The monoisotopic (exact) mass is 321 g/mol. The first kappa shape index (κ1) is 15.4. The Morgan fingerprint density at radius 3 is 2.95 bits per heavy atom. The Morgan fingerprint density at radius 2 is 2.35 bits per heavy atom. The van der Waals surface area contributed by atoms with Crippen LogP contribution in [-0.2, 0) is 4.87 Å². The van der Waals surface area contributed by atoms with Gasteiger partial charge in [0, 0.05) is 18.5 Å². The third-order valence-electron chi connectivity index (χ3n) is 3.16. The molecule has 1 aliphatic rings. The van der Waals surface area contributed by atoms with Crippen LogP contribution in [0.4, 0.5) is 10.6 Å². The molecule has 2 amide bonds. The lowest BCUT2D eigenvalue weighted by molar-refractivity contribution is 0.176. The highest BCUT2D eigenvalue weighted by Crippen LogP contribution is 2.33. The van der Waals surface area contributed by atoms with Crippen LogP contribution in [0, 0.1) is 0 Å². The molecule has 0 spiro atoms. The number of anilines is 1. The minimum Gasteiger partial charge on any atom is -0.371 e. The van der Waals surface area contributed by atoms with Gasteiger partial charge in [0.1, 0.15) is 4.87 Å². The van der Waals surface area contributed by atoms with Crippen molar-refractivity contribution in [2.75, 3.05) is 23.9 Å². The number of amides is 2. The number of hydrogen-bond acceptors (Lipinski definition) is 4. The molecular weight excluding hydrogens is 305 g/mol. The summed E-state index contributed by atoms with van der Waals surface area (Å²) in [4.78, 5) is 14.1. The smallest absolute Gasteiger partial charge is 0.328 e. The number of aliphatic hydroxyl groups excluding tert-OH is 1. The lowest BCUT2D eigenvalue weighted by Gasteiger charge is -2.16. The van der Waals surface area contributed by atoms with Crippen molar-refractivity contribution in [2.24, 2.45) is 0 Å². The predicted molar refractivity (Wildman–Crippen MR) is 76.2 cm³/mol. The number of alkyl halides is 2. The highest BCUT2D eigenvalue weighted by molar-refractivity contribution is 6.30. The zero-order valence-corrected chi connectivity index (χ0v) is 12.9. The van der Waals surface area contributed by atoms with Gasteiger partial charge in [0.05, 0.1) is 6.54 Å². The summed E-state index contributed by atoms with van der Waals surface area (Å²) in [6, 6.07) is 1.24. The van der Waals surface area contributed by atoms with E-state index in [1.807, 2.05) is 6.92 Å². The van der Waals surface area contributed by atoms with E-state index in [1.54, 1.807) is 11.8 Å². The van der Waals surface area contributed by atoms with Gasteiger partial charge in [0.2, 0.25) is 0 Å². The molecule has 0 aliphatic carbocycles. The second-order valence-corrected chi connectivity index (χ2v) is 6.06. The summed E-state index contributed by atoms with van der Waals surface area (Å²) in [5, 5.41) is 13.8. The standard InChI is InChI=1S/C12H17Cl2N3O3/c1-3-4-16-6-10(18)17(11(16)19)9-5-8(20-15-9)12(2,14)7-13/h5,10,18H,3-4,6-7H2,1-2H3. The third-order valence-corrected chi connectivity index (χ3v) is 4.15. The van der Waals surface area contributed by atoms with E-state index < -0.39 is 11.1 Å². The molecule has 1 aliphatic heterocycles. The minimum atomic E-state index is -0.940. The van der Waals surface area contributed by atoms with Gasteiger partial charge in [-0.1, -0.05) is 12.1 Å². The Hall–Kier alpha value is -0.980.